The lowest BCUT2D eigenvalue weighted by Gasteiger charge is -2.15. The first-order valence-corrected chi connectivity index (χ1v) is 8.99. The topological polar surface area (TPSA) is 80.1 Å². The molecule has 0 aliphatic heterocycles. The fourth-order valence-corrected chi connectivity index (χ4v) is 3.59. The molecule has 2 aromatic heterocycles. The lowest BCUT2D eigenvalue weighted by molar-refractivity contribution is -0.116. The van der Waals surface area contributed by atoms with E-state index in [0.717, 1.165) is 18.2 Å². The number of nitrogens with zero attached hydrogens (tertiary/aromatic N) is 4. The van der Waals surface area contributed by atoms with Gasteiger partial charge in [-0.15, -0.1) is 0 Å². The Morgan fingerprint density at radius 3 is 2.81 bits per heavy atom. The van der Waals surface area contributed by atoms with Gasteiger partial charge in [-0.3, -0.25) is 14.2 Å². The van der Waals surface area contributed by atoms with Crippen molar-refractivity contribution in [2.24, 2.45) is 0 Å². The fraction of sp³-hybridized carbons (Fsp3) is 0.294. The van der Waals surface area contributed by atoms with Gasteiger partial charge in [0.25, 0.3) is 5.56 Å². The van der Waals surface area contributed by atoms with Crippen molar-refractivity contribution < 1.29 is 9.18 Å². The van der Waals surface area contributed by atoms with Gasteiger partial charge in [0, 0.05) is 18.8 Å². The Hall–Kier alpha value is -2.81. The number of halogens is 1. The van der Waals surface area contributed by atoms with Crippen molar-refractivity contribution in [2.45, 2.75) is 20.4 Å². The number of amides is 1. The number of carbonyl (C=O) groups excluding carboxylic acids is 1. The highest BCUT2D eigenvalue weighted by atomic mass is 32.1. The monoisotopic (exact) mass is 375 g/mol. The van der Waals surface area contributed by atoms with Crippen molar-refractivity contribution in [3.8, 4) is 0 Å². The highest BCUT2D eigenvalue weighted by molar-refractivity contribution is 7.22. The molecule has 2 heterocycles. The van der Waals surface area contributed by atoms with Crippen molar-refractivity contribution in [2.75, 3.05) is 23.3 Å². The van der Waals surface area contributed by atoms with E-state index in [0.29, 0.717) is 16.0 Å². The van der Waals surface area contributed by atoms with Gasteiger partial charge in [-0.1, -0.05) is 17.4 Å². The number of aromatic nitrogens is 3. The number of hydrogen-bond donors (Lipinski definition) is 1. The molecule has 0 fully saturated rings. The summed E-state index contributed by atoms with van der Waals surface area (Å²) in [7, 11) is 0. The SMILES string of the molecule is CCN(CC)c1nc2ncn(CC(=O)Nc3cccc(F)c3)c(=O)c2s1. The minimum atomic E-state index is -0.448. The summed E-state index contributed by atoms with van der Waals surface area (Å²) in [5.74, 6) is -0.885. The maximum absolute atomic E-state index is 13.2. The minimum Gasteiger partial charge on any atom is -0.349 e. The lowest BCUT2D eigenvalue weighted by atomic mass is 10.3. The number of hydrogen-bond acceptors (Lipinski definition) is 6. The summed E-state index contributed by atoms with van der Waals surface area (Å²) in [4.78, 5) is 35.4. The maximum Gasteiger partial charge on any atom is 0.273 e. The number of thiazole rings is 1. The molecule has 0 saturated carbocycles. The molecule has 0 aliphatic rings. The van der Waals surface area contributed by atoms with Gasteiger partial charge < -0.3 is 10.2 Å². The predicted octanol–water partition coefficient (Wildman–Crippen LogP) is 2.48. The molecule has 0 aliphatic carbocycles. The zero-order chi connectivity index (χ0) is 18.7. The van der Waals surface area contributed by atoms with E-state index in [1.807, 2.05) is 18.7 Å². The molecule has 0 unspecified atom stereocenters. The van der Waals surface area contributed by atoms with E-state index in [-0.39, 0.29) is 12.1 Å². The Morgan fingerprint density at radius 1 is 1.35 bits per heavy atom. The van der Waals surface area contributed by atoms with Crippen LogP contribution in [0.4, 0.5) is 15.2 Å². The molecule has 0 saturated heterocycles. The number of rotatable bonds is 6. The summed E-state index contributed by atoms with van der Waals surface area (Å²) in [6.07, 6.45) is 1.31. The van der Waals surface area contributed by atoms with E-state index in [1.54, 1.807) is 6.07 Å². The van der Waals surface area contributed by atoms with Gasteiger partial charge >= 0.3 is 0 Å². The third-order valence-electron chi connectivity index (χ3n) is 3.83. The van der Waals surface area contributed by atoms with E-state index in [9.17, 15) is 14.0 Å². The first kappa shape index (κ1) is 18.0. The summed E-state index contributed by atoms with van der Waals surface area (Å²) < 4.78 is 14.8. The molecule has 0 radical (unpaired) electrons. The van der Waals surface area contributed by atoms with E-state index >= 15 is 0 Å². The first-order valence-electron chi connectivity index (χ1n) is 8.18. The van der Waals surface area contributed by atoms with Crippen LogP contribution < -0.4 is 15.8 Å². The van der Waals surface area contributed by atoms with Crippen LogP contribution in [0.5, 0.6) is 0 Å². The predicted molar refractivity (Wildman–Crippen MR) is 100 cm³/mol. The number of benzene rings is 1. The number of anilines is 2. The van der Waals surface area contributed by atoms with Gasteiger partial charge in [0.15, 0.2) is 10.8 Å². The smallest absolute Gasteiger partial charge is 0.273 e. The standard InChI is InChI=1S/C17H18FN5O2S/c1-3-22(4-2)17-21-15-14(26-17)16(25)23(10-19-15)9-13(24)20-12-7-5-6-11(18)8-12/h5-8,10H,3-4,9H2,1-2H3,(H,20,24). The van der Waals surface area contributed by atoms with E-state index in [1.165, 1.54) is 40.4 Å². The molecule has 1 amide bonds. The molecule has 26 heavy (non-hydrogen) atoms. The average molecular weight is 375 g/mol. The maximum atomic E-state index is 13.2. The number of carbonyl (C=O) groups is 1. The van der Waals surface area contributed by atoms with Crippen LogP contribution in [0.15, 0.2) is 35.4 Å². The van der Waals surface area contributed by atoms with Crippen LogP contribution in [-0.2, 0) is 11.3 Å². The van der Waals surface area contributed by atoms with E-state index in [4.69, 9.17) is 0 Å². The molecule has 9 heteroatoms. The van der Waals surface area contributed by atoms with Crippen LogP contribution in [0, 0.1) is 5.82 Å². The molecule has 0 atom stereocenters. The Kier molecular flexibility index (Phi) is 5.27. The van der Waals surface area contributed by atoms with Crippen LogP contribution in [0.2, 0.25) is 0 Å². The molecule has 1 aromatic carbocycles. The van der Waals surface area contributed by atoms with Crippen molar-refractivity contribution in [1.82, 2.24) is 14.5 Å². The summed E-state index contributed by atoms with van der Waals surface area (Å²) >= 11 is 1.27. The quantitative estimate of drug-likeness (QED) is 0.716. The van der Waals surface area contributed by atoms with Gasteiger partial charge in [0.1, 0.15) is 23.4 Å². The second-order valence-electron chi connectivity index (χ2n) is 5.56. The Bertz CT molecular complexity index is 996. The third kappa shape index (κ3) is 3.72. The van der Waals surface area contributed by atoms with Crippen molar-refractivity contribution in [3.63, 3.8) is 0 Å². The number of nitrogens with one attached hydrogen (secondary N) is 1. The minimum absolute atomic E-state index is 0.212. The molecule has 0 spiro atoms. The first-order chi connectivity index (χ1) is 12.5. The molecule has 136 valence electrons. The van der Waals surface area contributed by atoms with Crippen molar-refractivity contribution in [3.05, 3.63) is 46.8 Å². The summed E-state index contributed by atoms with van der Waals surface area (Å²) in [6.45, 7) is 5.37. The summed E-state index contributed by atoms with van der Waals surface area (Å²) in [5.41, 5.74) is 0.391. The fourth-order valence-electron chi connectivity index (χ4n) is 2.50. The summed E-state index contributed by atoms with van der Waals surface area (Å²) in [5, 5.41) is 3.29. The molecule has 3 rings (SSSR count). The third-order valence-corrected chi connectivity index (χ3v) is 4.92. The highest BCUT2D eigenvalue weighted by Crippen LogP contribution is 2.24. The zero-order valence-electron chi connectivity index (χ0n) is 14.4. The van der Waals surface area contributed by atoms with Gasteiger partial charge in [-0.2, -0.15) is 4.98 Å². The molecular formula is C17H18FN5O2S. The average Bonchev–Trinajstić information content (AvgIpc) is 3.03. The second kappa shape index (κ2) is 7.61. The molecule has 1 N–H and O–H groups in total. The zero-order valence-corrected chi connectivity index (χ0v) is 15.2. The van der Waals surface area contributed by atoms with Gasteiger partial charge in [-0.25, -0.2) is 9.37 Å². The van der Waals surface area contributed by atoms with Crippen LogP contribution in [0.1, 0.15) is 13.8 Å². The van der Waals surface area contributed by atoms with E-state index < -0.39 is 11.7 Å². The summed E-state index contributed by atoms with van der Waals surface area (Å²) in [6, 6.07) is 5.57. The van der Waals surface area contributed by atoms with Gasteiger partial charge in [-0.05, 0) is 32.0 Å². The second-order valence-corrected chi connectivity index (χ2v) is 6.54. The van der Waals surface area contributed by atoms with Crippen LogP contribution >= 0.6 is 11.3 Å². The Morgan fingerprint density at radius 2 is 2.12 bits per heavy atom. The normalized spacial score (nSPS) is 10.9. The van der Waals surface area contributed by atoms with Crippen molar-refractivity contribution in [1.29, 1.82) is 0 Å². The highest BCUT2D eigenvalue weighted by Gasteiger charge is 2.15. The molecule has 0 bridgehead atoms. The van der Waals surface area contributed by atoms with E-state index in [2.05, 4.69) is 15.3 Å². The van der Waals surface area contributed by atoms with Gasteiger partial charge in [0.05, 0.1) is 0 Å². The molecular weight excluding hydrogens is 357 g/mol. The molecule has 7 nitrogen and oxygen atoms in total. The van der Waals surface area contributed by atoms with Crippen LogP contribution in [0.25, 0.3) is 10.3 Å². The lowest BCUT2D eigenvalue weighted by Crippen LogP contribution is -2.27. The van der Waals surface area contributed by atoms with Crippen LogP contribution in [-0.4, -0.2) is 33.5 Å². The number of fused-ring (bicyclic) bond motifs is 1. The Labute approximate surface area is 153 Å². The largest absolute Gasteiger partial charge is 0.349 e. The molecule has 3 aromatic rings. The van der Waals surface area contributed by atoms with Crippen molar-refractivity contribution >= 4 is 38.4 Å². The van der Waals surface area contributed by atoms with Gasteiger partial charge in [0.2, 0.25) is 5.91 Å². The Balaban J connectivity index is 1.83. The van der Waals surface area contributed by atoms with Crippen LogP contribution in [0.3, 0.4) is 0 Å².